The number of nitrogens with zero attached hydrogens (tertiary/aromatic N) is 1. The SMILES string of the molecule is CC(C)C#C/C=C/CN(C)Cc1cccc2ccccc12. The molecule has 0 saturated carbocycles. The van der Waals surface area contributed by atoms with Gasteiger partial charge in [-0.3, -0.25) is 4.90 Å². The van der Waals surface area contributed by atoms with Gasteiger partial charge in [0.1, 0.15) is 0 Å². The highest BCUT2D eigenvalue weighted by Crippen LogP contribution is 2.19. The van der Waals surface area contributed by atoms with Crippen molar-refractivity contribution in [2.24, 2.45) is 5.92 Å². The summed E-state index contributed by atoms with van der Waals surface area (Å²) >= 11 is 0. The predicted molar refractivity (Wildman–Crippen MR) is 92.0 cm³/mol. The Morgan fingerprint density at radius 2 is 1.86 bits per heavy atom. The van der Waals surface area contributed by atoms with Crippen molar-refractivity contribution in [2.75, 3.05) is 13.6 Å². The van der Waals surface area contributed by atoms with Crippen LogP contribution in [0.15, 0.2) is 54.6 Å². The molecule has 0 bridgehead atoms. The molecule has 2 aromatic carbocycles. The van der Waals surface area contributed by atoms with E-state index >= 15 is 0 Å². The molecule has 0 N–H and O–H groups in total. The van der Waals surface area contributed by atoms with Crippen LogP contribution < -0.4 is 0 Å². The Kier molecular flexibility index (Phi) is 5.60. The second kappa shape index (κ2) is 7.67. The van der Waals surface area contributed by atoms with E-state index in [0.29, 0.717) is 5.92 Å². The van der Waals surface area contributed by atoms with Gasteiger partial charge in [0.25, 0.3) is 0 Å². The maximum atomic E-state index is 3.14. The van der Waals surface area contributed by atoms with Crippen molar-refractivity contribution in [2.45, 2.75) is 20.4 Å². The van der Waals surface area contributed by atoms with Crippen LogP contribution in [0.25, 0.3) is 10.8 Å². The highest BCUT2D eigenvalue weighted by atomic mass is 15.1. The van der Waals surface area contributed by atoms with E-state index < -0.39 is 0 Å². The Morgan fingerprint density at radius 3 is 2.67 bits per heavy atom. The largest absolute Gasteiger partial charge is 0.298 e. The lowest BCUT2D eigenvalue weighted by Crippen LogP contribution is -2.17. The summed E-state index contributed by atoms with van der Waals surface area (Å²) in [6, 6.07) is 15.1. The second-order valence-electron chi connectivity index (χ2n) is 5.68. The highest BCUT2D eigenvalue weighted by Gasteiger charge is 2.02. The van der Waals surface area contributed by atoms with Crippen LogP contribution >= 0.6 is 0 Å². The van der Waals surface area contributed by atoms with Gasteiger partial charge in [-0.2, -0.15) is 0 Å². The molecule has 2 rings (SSSR count). The number of rotatable bonds is 4. The summed E-state index contributed by atoms with van der Waals surface area (Å²) in [6.45, 7) is 6.07. The molecule has 0 spiro atoms. The molecule has 108 valence electrons. The number of hydrogen-bond acceptors (Lipinski definition) is 1. The molecule has 0 aromatic heterocycles. The molecule has 0 heterocycles. The standard InChI is InChI=1S/C20H23N/c1-17(2)10-5-4-8-15-21(3)16-19-13-9-12-18-11-6-7-14-20(18)19/h4,6-9,11-14,17H,15-16H2,1-3H3/b8-4+. The van der Waals surface area contributed by atoms with E-state index in [4.69, 9.17) is 0 Å². The molecule has 0 radical (unpaired) electrons. The third-order valence-electron chi connectivity index (χ3n) is 3.31. The van der Waals surface area contributed by atoms with Crippen LogP contribution in [-0.2, 0) is 6.54 Å². The molecule has 0 atom stereocenters. The fraction of sp³-hybridized carbons (Fsp3) is 0.300. The van der Waals surface area contributed by atoms with Gasteiger partial charge in [-0.15, -0.1) is 0 Å². The molecular weight excluding hydrogens is 254 g/mol. The molecule has 0 saturated heterocycles. The fourth-order valence-corrected chi connectivity index (χ4v) is 2.29. The van der Waals surface area contributed by atoms with Crippen molar-refractivity contribution in [3.8, 4) is 11.8 Å². The van der Waals surface area contributed by atoms with Crippen LogP contribution in [0, 0.1) is 17.8 Å². The zero-order valence-corrected chi connectivity index (χ0v) is 13.1. The van der Waals surface area contributed by atoms with Gasteiger partial charge in [0.2, 0.25) is 0 Å². The lowest BCUT2D eigenvalue weighted by atomic mass is 10.0. The third kappa shape index (κ3) is 4.77. The van der Waals surface area contributed by atoms with Gasteiger partial charge in [0.15, 0.2) is 0 Å². The summed E-state index contributed by atoms with van der Waals surface area (Å²) in [5, 5.41) is 2.65. The number of fused-ring (bicyclic) bond motifs is 1. The van der Waals surface area contributed by atoms with Gasteiger partial charge in [-0.25, -0.2) is 0 Å². The third-order valence-corrected chi connectivity index (χ3v) is 3.31. The summed E-state index contributed by atoms with van der Waals surface area (Å²) in [4.78, 5) is 2.30. The molecule has 0 unspecified atom stereocenters. The maximum Gasteiger partial charge on any atom is 0.0240 e. The van der Waals surface area contributed by atoms with Crippen LogP contribution in [0.4, 0.5) is 0 Å². The number of likely N-dealkylation sites (N-methyl/N-ethyl adjacent to an activating group) is 1. The first-order valence-electron chi connectivity index (χ1n) is 7.48. The van der Waals surface area contributed by atoms with Gasteiger partial charge in [0.05, 0.1) is 0 Å². The van der Waals surface area contributed by atoms with Crippen LogP contribution in [-0.4, -0.2) is 18.5 Å². The molecule has 1 nitrogen and oxygen atoms in total. The Morgan fingerprint density at radius 1 is 1.10 bits per heavy atom. The Bertz CT molecular complexity index is 666. The molecule has 2 aromatic rings. The van der Waals surface area contributed by atoms with Gasteiger partial charge in [-0.1, -0.05) is 74.2 Å². The second-order valence-corrected chi connectivity index (χ2v) is 5.68. The van der Waals surface area contributed by atoms with Crippen LogP contribution in [0.3, 0.4) is 0 Å². The van der Waals surface area contributed by atoms with E-state index in [2.05, 4.69) is 86.2 Å². The van der Waals surface area contributed by atoms with Crippen molar-refractivity contribution in [3.05, 3.63) is 60.2 Å². The van der Waals surface area contributed by atoms with E-state index in [1.165, 1.54) is 16.3 Å². The highest BCUT2D eigenvalue weighted by molar-refractivity contribution is 5.85. The van der Waals surface area contributed by atoms with Crippen molar-refractivity contribution in [1.29, 1.82) is 0 Å². The first-order chi connectivity index (χ1) is 10.2. The first-order valence-corrected chi connectivity index (χ1v) is 7.48. The average Bonchev–Trinajstić information content (AvgIpc) is 2.47. The van der Waals surface area contributed by atoms with Gasteiger partial charge < -0.3 is 0 Å². The smallest absolute Gasteiger partial charge is 0.0240 e. The van der Waals surface area contributed by atoms with Gasteiger partial charge in [0, 0.05) is 19.0 Å². The lowest BCUT2D eigenvalue weighted by Gasteiger charge is -2.15. The van der Waals surface area contributed by atoms with Gasteiger partial charge >= 0.3 is 0 Å². The van der Waals surface area contributed by atoms with E-state index in [-0.39, 0.29) is 0 Å². The minimum atomic E-state index is 0.433. The van der Waals surface area contributed by atoms with E-state index in [1.54, 1.807) is 0 Å². The van der Waals surface area contributed by atoms with Gasteiger partial charge in [-0.05, 0) is 29.5 Å². The molecular formula is C20H23N. The van der Waals surface area contributed by atoms with Crippen LogP contribution in [0.2, 0.25) is 0 Å². The number of benzene rings is 2. The quantitative estimate of drug-likeness (QED) is 0.744. The van der Waals surface area contributed by atoms with Crippen molar-refractivity contribution in [3.63, 3.8) is 0 Å². The fourth-order valence-electron chi connectivity index (χ4n) is 2.29. The Balaban J connectivity index is 1.99. The topological polar surface area (TPSA) is 3.24 Å². The summed E-state index contributed by atoms with van der Waals surface area (Å²) in [5.41, 5.74) is 1.37. The predicted octanol–water partition coefficient (Wildman–Crippen LogP) is 4.49. The molecule has 0 aliphatic carbocycles. The van der Waals surface area contributed by atoms with Crippen molar-refractivity contribution in [1.82, 2.24) is 4.90 Å². The number of allylic oxidation sites excluding steroid dienone is 1. The van der Waals surface area contributed by atoms with Crippen LogP contribution in [0.1, 0.15) is 19.4 Å². The Labute approximate surface area is 128 Å². The zero-order valence-electron chi connectivity index (χ0n) is 13.1. The Hall–Kier alpha value is -2.04. The molecule has 0 amide bonds. The zero-order chi connectivity index (χ0) is 15.1. The first kappa shape index (κ1) is 15.4. The summed E-state index contributed by atoms with van der Waals surface area (Å²) in [7, 11) is 2.14. The molecule has 0 aliphatic rings. The summed E-state index contributed by atoms with van der Waals surface area (Å²) < 4.78 is 0. The molecule has 0 aliphatic heterocycles. The molecule has 1 heteroatoms. The molecule has 21 heavy (non-hydrogen) atoms. The van der Waals surface area contributed by atoms with E-state index in [9.17, 15) is 0 Å². The van der Waals surface area contributed by atoms with Crippen LogP contribution in [0.5, 0.6) is 0 Å². The minimum Gasteiger partial charge on any atom is -0.298 e. The normalized spacial score (nSPS) is 11.3. The summed E-state index contributed by atoms with van der Waals surface area (Å²) in [6.07, 6.45) is 4.08. The monoisotopic (exact) mass is 277 g/mol. The molecule has 0 fully saturated rings. The number of hydrogen-bond donors (Lipinski definition) is 0. The van der Waals surface area contributed by atoms with E-state index in [0.717, 1.165) is 13.1 Å². The van der Waals surface area contributed by atoms with Crippen molar-refractivity contribution >= 4 is 10.8 Å². The van der Waals surface area contributed by atoms with Crippen molar-refractivity contribution < 1.29 is 0 Å². The lowest BCUT2D eigenvalue weighted by molar-refractivity contribution is 0.365. The average molecular weight is 277 g/mol. The minimum absolute atomic E-state index is 0.433. The van der Waals surface area contributed by atoms with E-state index in [1.807, 2.05) is 6.08 Å². The maximum absolute atomic E-state index is 3.14. The summed E-state index contributed by atoms with van der Waals surface area (Å²) in [5.74, 6) is 6.65.